The Morgan fingerprint density at radius 2 is 2.25 bits per heavy atom. The lowest BCUT2D eigenvalue weighted by molar-refractivity contribution is -0.116. The third-order valence-electron chi connectivity index (χ3n) is 0.812. The van der Waals surface area contributed by atoms with Gasteiger partial charge in [-0.1, -0.05) is 6.92 Å². The van der Waals surface area contributed by atoms with E-state index >= 15 is 0 Å². The van der Waals surface area contributed by atoms with E-state index in [0.29, 0.717) is 6.04 Å². The van der Waals surface area contributed by atoms with Gasteiger partial charge in [-0.3, -0.25) is 4.79 Å². The van der Waals surface area contributed by atoms with Crippen LogP contribution in [-0.2, 0) is 4.79 Å². The van der Waals surface area contributed by atoms with Gasteiger partial charge in [-0.25, -0.2) is 0 Å². The molecule has 1 amide bonds. The van der Waals surface area contributed by atoms with E-state index in [1.54, 1.807) is 6.92 Å². The van der Waals surface area contributed by atoms with Crippen molar-refractivity contribution in [3.05, 3.63) is 6.04 Å². The molecule has 0 aliphatic rings. The van der Waals surface area contributed by atoms with Crippen LogP contribution in [0.4, 0.5) is 0 Å². The molecular formula is C5H11N2O. The average Bonchev–Trinajstić information content (AvgIpc) is 1.67. The van der Waals surface area contributed by atoms with Crippen molar-refractivity contribution in [2.75, 3.05) is 6.54 Å². The van der Waals surface area contributed by atoms with Gasteiger partial charge in [0, 0.05) is 0 Å². The maximum atomic E-state index is 10.2. The second kappa shape index (κ2) is 3.43. The number of carbonyl (C=O) groups excluding carboxylic acids is 1. The molecule has 0 aromatic carbocycles. The Hall–Kier alpha value is -0.570. The smallest absolute Gasteiger partial charge is 0.239 e. The maximum Gasteiger partial charge on any atom is 0.239 e. The van der Waals surface area contributed by atoms with Crippen LogP contribution in [0.25, 0.3) is 0 Å². The third-order valence-corrected chi connectivity index (χ3v) is 0.812. The molecule has 0 aliphatic carbocycles. The van der Waals surface area contributed by atoms with Crippen molar-refractivity contribution in [3.63, 3.8) is 0 Å². The van der Waals surface area contributed by atoms with Gasteiger partial charge in [-0.15, -0.1) is 0 Å². The minimum Gasteiger partial charge on any atom is -0.368 e. The van der Waals surface area contributed by atoms with E-state index < -0.39 is 0 Å². The van der Waals surface area contributed by atoms with Crippen molar-refractivity contribution < 1.29 is 4.79 Å². The molecule has 3 N–H and O–H groups in total. The molecule has 0 aromatic rings. The Morgan fingerprint density at radius 3 is 2.38 bits per heavy atom. The summed E-state index contributed by atoms with van der Waals surface area (Å²) in [4.78, 5) is 10.2. The summed E-state index contributed by atoms with van der Waals surface area (Å²) in [7, 11) is 0. The van der Waals surface area contributed by atoms with Crippen LogP contribution in [0.5, 0.6) is 0 Å². The van der Waals surface area contributed by atoms with Crippen LogP contribution in [0.2, 0.25) is 0 Å². The number of hydrogen-bond acceptors (Lipinski definition) is 2. The molecule has 8 heavy (non-hydrogen) atoms. The highest BCUT2D eigenvalue weighted by molar-refractivity contribution is 5.87. The largest absolute Gasteiger partial charge is 0.368 e. The molecule has 3 heteroatoms. The summed E-state index contributed by atoms with van der Waals surface area (Å²) in [6.07, 6.45) is 0. The molecule has 0 atom stereocenters. The molecule has 0 spiro atoms. The molecule has 0 bridgehead atoms. The summed E-state index contributed by atoms with van der Waals surface area (Å²) < 4.78 is 0. The molecule has 0 saturated carbocycles. The van der Waals surface area contributed by atoms with Gasteiger partial charge in [0.25, 0.3) is 0 Å². The first-order valence-corrected chi connectivity index (χ1v) is 2.55. The highest BCUT2D eigenvalue weighted by Crippen LogP contribution is 1.85. The van der Waals surface area contributed by atoms with Gasteiger partial charge in [0.1, 0.15) is 6.04 Å². The van der Waals surface area contributed by atoms with Crippen LogP contribution in [0.15, 0.2) is 0 Å². The van der Waals surface area contributed by atoms with Crippen LogP contribution in [0.3, 0.4) is 0 Å². The first kappa shape index (κ1) is 7.43. The van der Waals surface area contributed by atoms with Crippen LogP contribution in [0.1, 0.15) is 13.8 Å². The molecule has 0 aromatic heterocycles. The molecule has 47 valence electrons. The second-order valence-electron chi connectivity index (χ2n) is 1.52. The highest BCUT2D eigenvalue weighted by Gasteiger charge is 2.05. The van der Waals surface area contributed by atoms with Gasteiger partial charge in [-0.05, 0) is 13.5 Å². The molecule has 0 rings (SSSR count). The van der Waals surface area contributed by atoms with Gasteiger partial charge < -0.3 is 11.1 Å². The Bertz CT molecular complexity index is 82.5. The van der Waals surface area contributed by atoms with E-state index in [0.717, 1.165) is 6.54 Å². The maximum absolute atomic E-state index is 10.2. The first-order valence-electron chi connectivity index (χ1n) is 2.55. The van der Waals surface area contributed by atoms with Crippen molar-refractivity contribution >= 4 is 5.91 Å². The normalized spacial score (nSPS) is 9.88. The number of likely N-dealkylation sites (N-methyl/N-ethyl adjacent to an activating group) is 1. The van der Waals surface area contributed by atoms with Crippen molar-refractivity contribution in [1.29, 1.82) is 0 Å². The van der Waals surface area contributed by atoms with Crippen LogP contribution >= 0.6 is 0 Å². The SMILES string of the molecule is CCN[C](C)C(N)=O. The van der Waals surface area contributed by atoms with Crippen LogP contribution in [0, 0.1) is 6.04 Å². The van der Waals surface area contributed by atoms with E-state index in [-0.39, 0.29) is 5.91 Å². The zero-order chi connectivity index (χ0) is 6.57. The van der Waals surface area contributed by atoms with Crippen molar-refractivity contribution in [2.24, 2.45) is 5.73 Å². The van der Waals surface area contributed by atoms with Crippen molar-refractivity contribution in [3.8, 4) is 0 Å². The lowest BCUT2D eigenvalue weighted by atomic mass is 10.3. The topological polar surface area (TPSA) is 55.1 Å². The van der Waals surface area contributed by atoms with Crippen LogP contribution in [-0.4, -0.2) is 12.5 Å². The number of hydrogen-bond donors (Lipinski definition) is 2. The minimum atomic E-state index is -0.383. The van der Waals surface area contributed by atoms with Crippen molar-refractivity contribution in [2.45, 2.75) is 13.8 Å². The van der Waals surface area contributed by atoms with Crippen molar-refractivity contribution in [1.82, 2.24) is 5.32 Å². The van der Waals surface area contributed by atoms with E-state index in [1.807, 2.05) is 6.92 Å². The fourth-order valence-corrected chi connectivity index (χ4v) is 0.352. The molecule has 0 fully saturated rings. The third kappa shape index (κ3) is 2.58. The summed E-state index contributed by atoms with van der Waals surface area (Å²) >= 11 is 0. The fraction of sp³-hybridized carbons (Fsp3) is 0.600. The summed E-state index contributed by atoms with van der Waals surface area (Å²) in [6, 6.07) is 0.521. The lowest BCUT2D eigenvalue weighted by Crippen LogP contribution is -2.30. The monoisotopic (exact) mass is 115 g/mol. The second-order valence-corrected chi connectivity index (χ2v) is 1.52. The molecule has 0 aliphatic heterocycles. The van der Waals surface area contributed by atoms with Gasteiger partial charge in [-0.2, -0.15) is 0 Å². The Morgan fingerprint density at radius 1 is 1.75 bits per heavy atom. The molecule has 0 heterocycles. The molecule has 3 nitrogen and oxygen atoms in total. The number of carbonyl (C=O) groups is 1. The summed E-state index contributed by atoms with van der Waals surface area (Å²) in [5.41, 5.74) is 4.88. The quantitative estimate of drug-likeness (QED) is 0.527. The number of nitrogens with one attached hydrogen (secondary N) is 1. The van der Waals surface area contributed by atoms with Gasteiger partial charge in [0.2, 0.25) is 5.91 Å². The minimum absolute atomic E-state index is 0.383. The van der Waals surface area contributed by atoms with E-state index in [1.165, 1.54) is 0 Å². The summed E-state index contributed by atoms with van der Waals surface area (Å²) in [6.45, 7) is 4.31. The predicted octanol–water partition coefficient (Wildman–Crippen LogP) is -0.367. The number of rotatable bonds is 3. The zero-order valence-corrected chi connectivity index (χ0v) is 5.19. The number of primary amides is 1. The zero-order valence-electron chi connectivity index (χ0n) is 5.19. The fourth-order valence-electron chi connectivity index (χ4n) is 0.352. The molecular weight excluding hydrogens is 104 g/mol. The first-order chi connectivity index (χ1) is 3.68. The highest BCUT2D eigenvalue weighted by atomic mass is 16.1. The summed E-state index contributed by atoms with van der Waals surface area (Å²) in [5, 5.41) is 2.79. The van der Waals surface area contributed by atoms with Gasteiger partial charge in [0.15, 0.2) is 0 Å². The summed E-state index contributed by atoms with van der Waals surface area (Å²) in [5.74, 6) is -0.383. The van der Waals surface area contributed by atoms with Gasteiger partial charge >= 0.3 is 0 Å². The molecule has 0 unspecified atom stereocenters. The predicted molar refractivity (Wildman–Crippen MR) is 31.8 cm³/mol. The van der Waals surface area contributed by atoms with E-state index in [2.05, 4.69) is 5.32 Å². The van der Waals surface area contributed by atoms with Gasteiger partial charge in [0.05, 0.1) is 0 Å². The standard InChI is InChI=1S/C5H11N2O/c1-3-7-4(2)5(6)8/h7H,3H2,1-2H3,(H2,6,8). The number of amides is 1. The Kier molecular flexibility index (Phi) is 3.19. The Balaban J connectivity index is 3.32. The molecule has 1 radical (unpaired) electrons. The van der Waals surface area contributed by atoms with E-state index in [9.17, 15) is 4.79 Å². The van der Waals surface area contributed by atoms with E-state index in [4.69, 9.17) is 5.73 Å². The lowest BCUT2D eigenvalue weighted by Gasteiger charge is -2.03. The average molecular weight is 115 g/mol. The van der Waals surface area contributed by atoms with Crippen LogP contribution < -0.4 is 11.1 Å². The number of nitrogens with two attached hydrogens (primary N) is 1. The molecule has 0 saturated heterocycles. The Labute approximate surface area is 49.3 Å².